The summed E-state index contributed by atoms with van der Waals surface area (Å²) in [7, 11) is 0. The van der Waals surface area contributed by atoms with E-state index < -0.39 is 5.41 Å². The number of benzene rings is 1. The van der Waals surface area contributed by atoms with Crippen LogP contribution in [0.15, 0.2) is 24.3 Å². The number of carbonyl (C=O) groups is 2. The topological polar surface area (TPSA) is 84.2 Å². The molecule has 0 unspecified atom stereocenters. The monoisotopic (exact) mass is 305 g/mol. The highest BCUT2D eigenvalue weighted by Gasteiger charge is 2.32. The lowest BCUT2D eigenvalue weighted by Gasteiger charge is -2.28. The first-order valence-electron chi connectivity index (χ1n) is 7.82. The molecule has 5 heteroatoms. The maximum atomic E-state index is 12.3. The quantitative estimate of drug-likeness (QED) is 0.687. The van der Waals surface area contributed by atoms with E-state index in [1.807, 2.05) is 38.1 Å². The number of anilines is 1. The van der Waals surface area contributed by atoms with Crippen LogP contribution in [0.1, 0.15) is 39.2 Å². The second-order valence-electron chi connectivity index (χ2n) is 5.58. The minimum Gasteiger partial charge on any atom is -0.355 e. The van der Waals surface area contributed by atoms with E-state index in [0.717, 1.165) is 30.5 Å². The molecule has 0 aliphatic rings. The number of nitrogens with two attached hydrogens (primary N) is 1. The summed E-state index contributed by atoms with van der Waals surface area (Å²) >= 11 is 0. The molecule has 0 spiro atoms. The summed E-state index contributed by atoms with van der Waals surface area (Å²) in [6.07, 6.45) is 2.24. The van der Waals surface area contributed by atoms with Gasteiger partial charge in [0.05, 0.1) is 5.41 Å². The van der Waals surface area contributed by atoms with Crippen molar-refractivity contribution in [1.29, 1.82) is 0 Å². The second kappa shape index (κ2) is 8.54. The van der Waals surface area contributed by atoms with Gasteiger partial charge in [0.15, 0.2) is 0 Å². The van der Waals surface area contributed by atoms with Gasteiger partial charge in [0.2, 0.25) is 11.8 Å². The number of carbonyl (C=O) groups excluding carboxylic acids is 2. The molecule has 0 radical (unpaired) electrons. The van der Waals surface area contributed by atoms with Gasteiger partial charge in [-0.25, -0.2) is 0 Å². The number of rotatable bonds is 8. The van der Waals surface area contributed by atoms with Gasteiger partial charge >= 0.3 is 0 Å². The third-order valence-corrected chi connectivity index (χ3v) is 4.20. The van der Waals surface area contributed by atoms with Crippen LogP contribution in [0.4, 0.5) is 5.69 Å². The number of nitrogens with one attached hydrogen (secondary N) is 2. The summed E-state index contributed by atoms with van der Waals surface area (Å²) < 4.78 is 0. The van der Waals surface area contributed by atoms with Crippen LogP contribution in [0.25, 0.3) is 0 Å². The summed E-state index contributed by atoms with van der Waals surface area (Å²) in [5, 5.41) is 5.71. The zero-order valence-electron chi connectivity index (χ0n) is 13.7. The van der Waals surface area contributed by atoms with Gasteiger partial charge in [0, 0.05) is 25.7 Å². The fourth-order valence-electron chi connectivity index (χ4n) is 2.42. The summed E-state index contributed by atoms with van der Waals surface area (Å²) in [6, 6.07) is 7.63. The molecular weight excluding hydrogens is 278 g/mol. The SMILES string of the molecule is CCC(CC)(CN)C(=O)NCCc1ccc(NC(C)=O)cc1. The first kappa shape index (κ1) is 18.2. The maximum Gasteiger partial charge on any atom is 0.227 e. The molecule has 0 aliphatic carbocycles. The first-order valence-corrected chi connectivity index (χ1v) is 7.82. The van der Waals surface area contributed by atoms with Crippen molar-refractivity contribution in [3.05, 3.63) is 29.8 Å². The molecule has 0 saturated heterocycles. The number of hydrogen-bond acceptors (Lipinski definition) is 3. The Labute approximate surface area is 132 Å². The van der Waals surface area contributed by atoms with E-state index in [2.05, 4.69) is 10.6 Å². The van der Waals surface area contributed by atoms with Crippen molar-refractivity contribution in [2.45, 2.75) is 40.0 Å². The minimum atomic E-state index is -0.449. The van der Waals surface area contributed by atoms with Gasteiger partial charge in [-0.05, 0) is 37.0 Å². The molecule has 0 bridgehead atoms. The number of amides is 2. The lowest BCUT2D eigenvalue weighted by atomic mass is 9.81. The van der Waals surface area contributed by atoms with Crippen LogP contribution < -0.4 is 16.4 Å². The minimum absolute atomic E-state index is 0.0369. The smallest absolute Gasteiger partial charge is 0.227 e. The zero-order chi connectivity index (χ0) is 16.6. The highest BCUT2D eigenvalue weighted by atomic mass is 16.2. The Balaban J connectivity index is 2.50. The Morgan fingerprint density at radius 2 is 1.73 bits per heavy atom. The zero-order valence-corrected chi connectivity index (χ0v) is 13.7. The van der Waals surface area contributed by atoms with E-state index in [9.17, 15) is 9.59 Å². The Hall–Kier alpha value is -1.88. The van der Waals surface area contributed by atoms with E-state index in [0.29, 0.717) is 13.1 Å². The molecule has 0 aliphatic heterocycles. The van der Waals surface area contributed by atoms with Crippen LogP contribution in [0, 0.1) is 5.41 Å². The maximum absolute atomic E-state index is 12.3. The van der Waals surface area contributed by atoms with Gasteiger partial charge in [-0.15, -0.1) is 0 Å². The first-order chi connectivity index (χ1) is 10.5. The molecule has 4 N–H and O–H groups in total. The van der Waals surface area contributed by atoms with Gasteiger partial charge in [0.25, 0.3) is 0 Å². The van der Waals surface area contributed by atoms with E-state index in [1.54, 1.807) is 0 Å². The Morgan fingerprint density at radius 3 is 2.18 bits per heavy atom. The van der Waals surface area contributed by atoms with Gasteiger partial charge in [-0.2, -0.15) is 0 Å². The van der Waals surface area contributed by atoms with Crippen molar-refractivity contribution in [2.24, 2.45) is 11.1 Å². The molecule has 1 rings (SSSR count). The molecule has 0 heterocycles. The van der Waals surface area contributed by atoms with Crippen LogP contribution >= 0.6 is 0 Å². The normalized spacial score (nSPS) is 11.1. The van der Waals surface area contributed by atoms with Crippen molar-refractivity contribution in [3.63, 3.8) is 0 Å². The Kier molecular flexibility index (Phi) is 7.05. The molecule has 0 saturated carbocycles. The molecule has 0 fully saturated rings. The Bertz CT molecular complexity index is 485. The lowest BCUT2D eigenvalue weighted by Crippen LogP contribution is -2.45. The molecule has 22 heavy (non-hydrogen) atoms. The summed E-state index contributed by atoms with van der Waals surface area (Å²) in [6.45, 7) is 6.43. The van der Waals surface area contributed by atoms with Crippen molar-refractivity contribution in [3.8, 4) is 0 Å². The van der Waals surface area contributed by atoms with Crippen LogP contribution in [0.3, 0.4) is 0 Å². The standard InChI is InChI=1S/C17H27N3O2/c1-4-17(5-2,12-18)16(22)19-11-10-14-6-8-15(9-7-14)20-13(3)21/h6-9H,4-5,10-12,18H2,1-3H3,(H,19,22)(H,20,21). The van der Waals surface area contributed by atoms with E-state index in [1.165, 1.54) is 6.92 Å². The third kappa shape index (κ3) is 4.84. The van der Waals surface area contributed by atoms with E-state index in [4.69, 9.17) is 5.73 Å². The molecule has 1 aromatic carbocycles. The predicted molar refractivity (Wildman–Crippen MR) is 89.5 cm³/mol. The van der Waals surface area contributed by atoms with E-state index >= 15 is 0 Å². The average molecular weight is 305 g/mol. The average Bonchev–Trinajstić information content (AvgIpc) is 2.51. The second-order valence-corrected chi connectivity index (χ2v) is 5.58. The van der Waals surface area contributed by atoms with Gasteiger partial charge in [-0.1, -0.05) is 26.0 Å². The molecule has 0 aromatic heterocycles. The molecule has 2 amide bonds. The van der Waals surface area contributed by atoms with E-state index in [-0.39, 0.29) is 11.8 Å². The summed E-state index contributed by atoms with van der Waals surface area (Å²) in [5.41, 5.74) is 7.21. The highest BCUT2D eigenvalue weighted by Crippen LogP contribution is 2.24. The van der Waals surface area contributed by atoms with Crippen molar-refractivity contribution < 1.29 is 9.59 Å². The van der Waals surface area contributed by atoms with Crippen LogP contribution in [-0.2, 0) is 16.0 Å². The lowest BCUT2D eigenvalue weighted by molar-refractivity contribution is -0.131. The fraction of sp³-hybridized carbons (Fsp3) is 0.529. The van der Waals surface area contributed by atoms with Gasteiger partial charge in [0.1, 0.15) is 0 Å². The third-order valence-electron chi connectivity index (χ3n) is 4.20. The molecule has 122 valence electrons. The predicted octanol–water partition coefficient (Wildman–Crippen LogP) is 2.07. The van der Waals surface area contributed by atoms with Crippen LogP contribution in [-0.4, -0.2) is 24.9 Å². The number of hydrogen-bond donors (Lipinski definition) is 3. The summed E-state index contributed by atoms with van der Waals surface area (Å²) in [5.74, 6) is -0.0489. The highest BCUT2D eigenvalue weighted by molar-refractivity contribution is 5.88. The van der Waals surface area contributed by atoms with Crippen LogP contribution in [0.5, 0.6) is 0 Å². The summed E-state index contributed by atoms with van der Waals surface area (Å²) in [4.78, 5) is 23.2. The molecule has 0 atom stereocenters. The molecule has 1 aromatic rings. The fourth-order valence-corrected chi connectivity index (χ4v) is 2.42. The van der Waals surface area contributed by atoms with Gasteiger partial charge < -0.3 is 16.4 Å². The van der Waals surface area contributed by atoms with Gasteiger partial charge in [-0.3, -0.25) is 9.59 Å². The van der Waals surface area contributed by atoms with Crippen molar-refractivity contribution in [1.82, 2.24) is 5.32 Å². The molecule has 5 nitrogen and oxygen atoms in total. The van der Waals surface area contributed by atoms with Crippen LogP contribution in [0.2, 0.25) is 0 Å². The van der Waals surface area contributed by atoms with Crippen molar-refractivity contribution in [2.75, 3.05) is 18.4 Å². The largest absolute Gasteiger partial charge is 0.355 e. The van der Waals surface area contributed by atoms with Crippen molar-refractivity contribution >= 4 is 17.5 Å². The Morgan fingerprint density at radius 1 is 1.14 bits per heavy atom. The molecular formula is C17H27N3O2.